The van der Waals surface area contributed by atoms with Crippen molar-refractivity contribution in [3.63, 3.8) is 0 Å². The second-order valence-electron chi connectivity index (χ2n) is 6.74. The van der Waals surface area contributed by atoms with E-state index >= 15 is 0 Å². The molecule has 0 aromatic heterocycles. The SMILES string of the molecule is Cc1ccc2c(c1)SC(C(=O)N1CCC3(CC1)NC(=O)NC3=O)C2. The number of urea groups is 1. The van der Waals surface area contributed by atoms with E-state index in [0.717, 1.165) is 6.42 Å². The van der Waals surface area contributed by atoms with Crippen molar-refractivity contribution in [2.24, 2.45) is 0 Å². The lowest BCUT2D eigenvalue weighted by atomic mass is 9.87. The van der Waals surface area contributed by atoms with Crippen molar-refractivity contribution in [2.75, 3.05) is 13.1 Å². The zero-order valence-corrected chi connectivity index (χ0v) is 14.2. The van der Waals surface area contributed by atoms with E-state index in [9.17, 15) is 14.4 Å². The summed E-state index contributed by atoms with van der Waals surface area (Å²) >= 11 is 1.64. The molecule has 0 saturated carbocycles. The highest BCUT2D eigenvalue weighted by Crippen LogP contribution is 2.39. The molecule has 3 aliphatic rings. The maximum atomic E-state index is 12.8. The smallest absolute Gasteiger partial charge is 0.322 e. The predicted molar refractivity (Wildman–Crippen MR) is 89.7 cm³/mol. The molecule has 24 heavy (non-hydrogen) atoms. The molecule has 0 bridgehead atoms. The number of imide groups is 1. The second-order valence-corrected chi connectivity index (χ2v) is 7.98. The average molecular weight is 345 g/mol. The van der Waals surface area contributed by atoms with Gasteiger partial charge in [-0.15, -0.1) is 11.8 Å². The number of thioether (sulfide) groups is 1. The van der Waals surface area contributed by atoms with E-state index < -0.39 is 11.6 Å². The molecule has 4 amide bonds. The van der Waals surface area contributed by atoms with Crippen molar-refractivity contribution in [1.82, 2.24) is 15.5 Å². The van der Waals surface area contributed by atoms with Gasteiger partial charge in [0.15, 0.2) is 0 Å². The highest BCUT2D eigenvalue weighted by Gasteiger charge is 2.49. The van der Waals surface area contributed by atoms with Crippen LogP contribution in [0.2, 0.25) is 0 Å². The largest absolute Gasteiger partial charge is 0.342 e. The molecule has 1 aromatic rings. The monoisotopic (exact) mass is 345 g/mol. The molecule has 1 atom stereocenters. The van der Waals surface area contributed by atoms with Crippen LogP contribution >= 0.6 is 11.8 Å². The lowest BCUT2D eigenvalue weighted by molar-refractivity contribution is -0.135. The van der Waals surface area contributed by atoms with Gasteiger partial charge in [0.05, 0.1) is 5.25 Å². The minimum absolute atomic E-state index is 0.0807. The number of carbonyl (C=O) groups is 3. The average Bonchev–Trinajstić information content (AvgIpc) is 3.08. The number of fused-ring (bicyclic) bond motifs is 1. The number of carbonyl (C=O) groups excluding carboxylic acids is 3. The lowest BCUT2D eigenvalue weighted by Gasteiger charge is -2.37. The standard InChI is InChI=1S/C17H19N3O3S/c1-10-2-3-11-9-13(24-12(11)8-10)14(21)20-6-4-17(5-7-20)15(22)18-16(23)19-17/h2-3,8,13H,4-7,9H2,1H3,(H2,18,19,22,23). The molecule has 7 heteroatoms. The summed E-state index contributed by atoms with van der Waals surface area (Å²) in [4.78, 5) is 39.2. The quantitative estimate of drug-likeness (QED) is 0.750. The number of nitrogens with one attached hydrogen (secondary N) is 2. The van der Waals surface area contributed by atoms with E-state index in [2.05, 4.69) is 35.8 Å². The second kappa shape index (κ2) is 5.51. The molecule has 2 fully saturated rings. The van der Waals surface area contributed by atoms with Crippen LogP contribution in [0, 0.1) is 6.92 Å². The van der Waals surface area contributed by atoms with Gasteiger partial charge in [-0.05, 0) is 37.8 Å². The maximum Gasteiger partial charge on any atom is 0.322 e. The fourth-order valence-electron chi connectivity index (χ4n) is 3.67. The summed E-state index contributed by atoms with van der Waals surface area (Å²) in [5, 5.41) is 4.94. The predicted octanol–water partition coefficient (Wildman–Crippen LogP) is 1.21. The number of likely N-dealkylation sites (tertiary alicyclic amines) is 1. The highest BCUT2D eigenvalue weighted by molar-refractivity contribution is 8.01. The maximum absolute atomic E-state index is 12.8. The van der Waals surface area contributed by atoms with Gasteiger partial charge in [0.1, 0.15) is 5.54 Å². The summed E-state index contributed by atoms with van der Waals surface area (Å²) < 4.78 is 0. The molecule has 0 aliphatic carbocycles. The Morgan fingerprint density at radius 1 is 1.29 bits per heavy atom. The van der Waals surface area contributed by atoms with Crippen LogP contribution in [0.4, 0.5) is 4.79 Å². The minimum Gasteiger partial charge on any atom is -0.342 e. The summed E-state index contributed by atoms with van der Waals surface area (Å²) in [7, 11) is 0. The Balaban J connectivity index is 1.41. The van der Waals surface area contributed by atoms with Crippen LogP contribution in [0.3, 0.4) is 0 Å². The third kappa shape index (κ3) is 2.47. The molecule has 126 valence electrons. The number of rotatable bonds is 1. The van der Waals surface area contributed by atoms with Crippen LogP contribution in [0.15, 0.2) is 23.1 Å². The summed E-state index contributed by atoms with van der Waals surface area (Å²) in [5.74, 6) is -0.133. The van der Waals surface area contributed by atoms with Crippen molar-refractivity contribution in [3.05, 3.63) is 29.3 Å². The number of aryl methyl sites for hydroxylation is 1. The molecule has 1 spiro atoms. The summed E-state index contributed by atoms with van der Waals surface area (Å²) in [6.07, 6.45) is 1.71. The third-order valence-corrected chi connectivity index (χ3v) is 6.40. The Kier molecular flexibility index (Phi) is 3.56. The Morgan fingerprint density at radius 2 is 2.04 bits per heavy atom. The first kappa shape index (κ1) is 15.5. The van der Waals surface area contributed by atoms with E-state index in [4.69, 9.17) is 0 Å². The van der Waals surface area contributed by atoms with Crippen LogP contribution in [-0.4, -0.2) is 46.6 Å². The van der Waals surface area contributed by atoms with E-state index in [0.29, 0.717) is 25.9 Å². The fraction of sp³-hybridized carbons (Fsp3) is 0.471. The van der Waals surface area contributed by atoms with Crippen molar-refractivity contribution in [3.8, 4) is 0 Å². The zero-order valence-electron chi connectivity index (χ0n) is 13.4. The number of hydrogen-bond acceptors (Lipinski definition) is 4. The number of piperidine rings is 1. The van der Waals surface area contributed by atoms with E-state index in [1.807, 2.05) is 4.90 Å². The van der Waals surface area contributed by atoms with E-state index in [1.54, 1.807) is 11.8 Å². The van der Waals surface area contributed by atoms with Gasteiger partial charge in [-0.25, -0.2) is 4.79 Å². The third-order valence-electron chi connectivity index (χ3n) is 5.12. The van der Waals surface area contributed by atoms with Gasteiger partial charge in [0, 0.05) is 18.0 Å². The van der Waals surface area contributed by atoms with Crippen LogP contribution in [0.25, 0.3) is 0 Å². The van der Waals surface area contributed by atoms with Crippen LogP contribution < -0.4 is 10.6 Å². The number of benzene rings is 1. The van der Waals surface area contributed by atoms with Gasteiger partial charge in [-0.3, -0.25) is 14.9 Å². The number of nitrogens with zero attached hydrogens (tertiary/aromatic N) is 1. The molecule has 4 rings (SSSR count). The molecule has 2 N–H and O–H groups in total. The number of amides is 4. The fourth-order valence-corrected chi connectivity index (χ4v) is 5.04. The topological polar surface area (TPSA) is 78.5 Å². The van der Waals surface area contributed by atoms with Crippen molar-refractivity contribution >= 4 is 29.6 Å². The summed E-state index contributed by atoms with van der Waals surface area (Å²) in [6, 6.07) is 5.89. The van der Waals surface area contributed by atoms with Crippen LogP contribution in [0.5, 0.6) is 0 Å². The van der Waals surface area contributed by atoms with E-state index in [1.165, 1.54) is 16.0 Å². The first-order valence-corrected chi connectivity index (χ1v) is 9.03. The van der Waals surface area contributed by atoms with Gasteiger partial charge >= 0.3 is 6.03 Å². The van der Waals surface area contributed by atoms with Crippen LogP contribution in [0.1, 0.15) is 24.0 Å². The van der Waals surface area contributed by atoms with Gasteiger partial charge in [0.2, 0.25) is 5.91 Å². The Labute approximate surface area is 144 Å². The molecular weight excluding hydrogens is 326 g/mol. The first-order chi connectivity index (χ1) is 11.5. The van der Waals surface area contributed by atoms with Gasteiger partial charge < -0.3 is 10.2 Å². The molecule has 3 aliphatic heterocycles. The van der Waals surface area contributed by atoms with Gasteiger partial charge in [-0.1, -0.05) is 17.7 Å². The summed E-state index contributed by atoms with van der Waals surface area (Å²) in [5.41, 5.74) is 1.62. The molecule has 1 aromatic carbocycles. The zero-order chi connectivity index (χ0) is 16.9. The Hall–Kier alpha value is -2.02. The first-order valence-electron chi connectivity index (χ1n) is 8.15. The lowest BCUT2D eigenvalue weighted by Crippen LogP contribution is -2.56. The molecular formula is C17H19N3O3S. The number of hydrogen-bond donors (Lipinski definition) is 2. The molecule has 1 unspecified atom stereocenters. The summed E-state index contributed by atoms with van der Waals surface area (Å²) in [6.45, 7) is 3.05. The molecule has 0 radical (unpaired) electrons. The van der Waals surface area contributed by atoms with Gasteiger partial charge in [0.25, 0.3) is 5.91 Å². The van der Waals surface area contributed by atoms with Crippen molar-refractivity contribution < 1.29 is 14.4 Å². The minimum atomic E-state index is -0.823. The Bertz CT molecular complexity index is 741. The molecule has 2 saturated heterocycles. The Morgan fingerprint density at radius 3 is 2.71 bits per heavy atom. The highest BCUT2D eigenvalue weighted by atomic mass is 32.2. The van der Waals surface area contributed by atoms with Gasteiger partial charge in [-0.2, -0.15) is 0 Å². The molecule has 6 nitrogen and oxygen atoms in total. The molecule has 3 heterocycles. The van der Waals surface area contributed by atoms with E-state index in [-0.39, 0.29) is 17.1 Å². The van der Waals surface area contributed by atoms with Crippen molar-refractivity contribution in [2.45, 2.75) is 41.9 Å². The normalized spacial score (nSPS) is 24.7. The van der Waals surface area contributed by atoms with Crippen LogP contribution in [-0.2, 0) is 16.0 Å². The van der Waals surface area contributed by atoms with Crippen molar-refractivity contribution in [1.29, 1.82) is 0 Å².